The van der Waals surface area contributed by atoms with Crippen LogP contribution in [0, 0.1) is 0 Å². The number of amides is 1. The third-order valence-corrected chi connectivity index (χ3v) is 5.01. The van der Waals surface area contributed by atoms with Gasteiger partial charge in [0, 0.05) is 31.5 Å². The average molecular weight is 287 g/mol. The molecule has 3 heteroatoms. The van der Waals surface area contributed by atoms with Crippen LogP contribution in [0.5, 0.6) is 0 Å². The number of likely N-dealkylation sites (tertiary alicyclic amines) is 1. The third kappa shape index (κ3) is 3.29. The highest BCUT2D eigenvalue weighted by molar-refractivity contribution is 5.77. The van der Waals surface area contributed by atoms with E-state index in [1.54, 1.807) is 0 Å². The van der Waals surface area contributed by atoms with Gasteiger partial charge in [0.05, 0.1) is 6.10 Å². The van der Waals surface area contributed by atoms with Gasteiger partial charge in [0.25, 0.3) is 0 Å². The van der Waals surface area contributed by atoms with E-state index in [0.717, 1.165) is 38.8 Å². The van der Waals surface area contributed by atoms with E-state index in [2.05, 4.69) is 36.1 Å². The molecule has 3 nitrogen and oxygen atoms in total. The van der Waals surface area contributed by atoms with E-state index in [9.17, 15) is 4.79 Å². The van der Waals surface area contributed by atoms with Gasteiger partial charge in [-0.05, 0) is 38.2 Å². The average Bonchev–Trinajstić information content (AvgIpc) is 3.15. The zero-order valence-corrected chi connectivity index (χ0v) is 12.8. The molecule has 3 atom stereocenters. The van der Waals surface area contributed by atoms with Crippen LogP contribution in [0.3, 0.4) is 0 Å². The molecule has 2 aliphatic rings. The van der Waals surface area contributed by atoms with Crippen molar-refractivity contribution < 1.29 is 9.53 Å². The lowest BCUT2D eigenvalue weighted by molar-refractivity contribution is -0.132. The van der Waals surface area contributed by atoms with Crippen LogP contribution >= 0.6 is 0 Å². The van der Waals surface area contributed by atoms with Crippen LogP contribution in [-0.4, -0.2) is 36.1 Å². The van der Waals surface area contributed by atoms with Crippen molar-refractivity contribution in [3.05, 3.63) is 35.9 Å². The molecule has 0 aliphatic carbocycles. The Kier molecular flexibility index (Phi) is 4.59. The fourth-order valence-corrected chi connectivity index (χ4v) is 3.74. The highest BCUT2D eigenvalue weighted by Gasteiger charge is 2.34. The van der Waals surface area contributed by atoms with Crippen LogP contribution in [0.4, 0.5) is 0 Å². The molecule has 3 unspecified atom stereocenters. The van der Waals surface area contributed by atoms with E-state index in [4.69, 9.17) is 4.74 Å². The molecule has 2 fully saturated rings. The maximum Gasteiger partial charge on any atom is 0.222 e. The van der Waals surface area contributed by atoms with E-state index in [1.807, 2.05) is 6.07 Å². The summed E-state index contributed by atoms with van der Waals surface area (Å²) in [5.74, 6) is 0.786. The molecule has 0 spiro atoms. The topological polar surface area (TPSA) is 29.5 Å². The maximum absolute atomic E-state index is 12.5. The van der Waals surface area contributed by atoms with Crippen LogP contribution in [-0.2, 0) is 9.53 Å². The number of hydrogen-bond acceptors (Lipinski definition) is 2. The number of rotatable bonds is 4. The molecular formula is C18H25NO2. The zero-order valence-electron chi connectivity index (χ0n) is 12.8. The summed E-state index contributed by atoms with van der Waals surface area (Å²) in [6.07, 6.45) is 5.19. The predicted molar refractivity (Wildman–Crippen MR) is 83.2 cm³/mol. The fourth-order valence-electron chi connectivity index (χ4n) is 3.74. The third-order valence-electron chi connectivity index (χ3n) is 5.01. The van der Waals surface area contributed by atoms with Gasteiger partial charge in [-0.15, -0.1) is 0 Å². The number of carbonyl (C=O) groups is 1. The van der Waals surface area contributed by atoms with Crippen LogP contribution in [0.25, 0.3) is 0 Å². The Balaban J connectivity index is 1.55. The monoisotopic (exact) mass is 287 g/mol. The second-order valence-corrected chi connectivity index (χ2v) is 6.31. The number of carbonyl (C=O) groups excluding carboxylic acids is 1. The van der Waals surface area contributed by atoms with E-state index < -0.39 is 0 Å². The van der Waals surface area contributed by atoms with Crippen LogP contribution < -0.4 is 0 Å². The molecule has 0 aromatic heterocycles. The summed E-state index contributed by atoms with van der Waals surface area (Å²) in [5.41, 5.74) is 1.36. The van der Waals surface area contributed by atoms with Gasteiger partial charge in [0.2, 0.25) is 5.91 Å². The van der Waals surface area contributed by atoms with Crippen molar-refractivity contribution in [1.82, 2.24) is 4.90 Å². The Morgan fingerprint density at radius 1 is 1.29 bits per heavy atom. The Labute approximate surface area is 127 Å². The van der Waals surface area contributed by atoms with E-state index in [0.29, 0.717) is 30.4 Å². The lowest BCUT2D eigenvalue weighted by Crippen LogP contribution is -2.35. The Morgan fingerprint density at radius 3 is 2.81 bits per heavy atom. The highest BCUT2D eigenvalue weighted by Crippen LogP contribution is 2.33. The highest BCUT2D eigenvalue weighted by atomic mass is 16.5. The van der Waals surface area contributed by atoms with Gasteiger partial charge in [0.15, 0.2) is 0 Å². The van der Waals surface area contributed by atoms with Crippen molar-refractivity contribution in [2.24, 2.45) is 0 Å². The van der Waals surface area contributed by atoms with Gasteiger partial charge in [-0.1, -0.05) is 30.3 Å². The number of ether oxygens (including phenoxy) is 1. The number of nitrogens with zero attached hydrogens (tertiary/aromatic N) is 1. The largest absolute Gasteiger partial charge is 0.378 e. The quantitative estimate of drug-likeness (QED) is 0.850. The maximum atomic E-state index is 12.5. The molecule has 2 saturated heterocycles. The van der Waals surface area contributed by atoms with E-state index in [1.165, 1.54) is 5.56 Å². The molecule has 1 aromatic carbocycles. The summed E-state index contributed by atoms with van der Waals surface area (Å²) >= 11 is 0. The zero-order chi connectivity index (χ0) is 14.7. The summed E-state index contributed by atoms with van der Waals surface area (Å²) in [5, 5.41) is 0. The van der Waals surface area contributed by atoms with E-state index >= 15 is 0 Å². The summed E-state index contributed by atoms with van der Waals surface area (Å²) < 4.78 is 5.61. The molecule has 1 aromatic rings. The standard InChI is InChI=1S/C18H25NO2/c1-14-17(15-6-3-2-4-7-15)11-12-19(14)18(20)10-9-16-8-5-13-21-16/h2-4,6-7,14,16-17H,5,8-13H2,1H3. The number of benzene rings is 1. The molecule has 0 radical (unpaired) electrons. The SMILES string of the molecule is CC1C(c2ccccc2)CCN1C(=O)CCC1CCCO1. The lowest BCUT2D eigenvalue weighted by atomic mass is 9.93. The first kappa shape index (κ1) is 14.6. The predicted octanol–water partition coefficient (Wildman–Crippen LogP) is 3.35. The number of hydrogen-bond donors (Lipinski definition) is 0. The first-order valence-electron chi connectivity index (χ1n) is 8.21. The van der Waals surface area contributed by atoms with Gasteiger partial charge in [-0.2, -0.15) is 0 Å². The van der Waals surface area contributed by atoms with Crippen molar-refractivity contribution in [3.63, 3.8) is 0 Å². The van der Waals surface area contributed by atoms with Crippen molar-refractivity contribution in [2.75, 3.05) is 13.2 Å². The second kappa shape index (κ2) is 6.61. The van der Waals surface area contributed by atoms with Crippen molar-refractivity contribution >= 4 is 5.91 Å². The molecule has 114 valence electrons. The minimum Gasteiger partial charge on any atom is -0.378 e. The smallest absolute Gasteiger partial charge is 0.222 e. The first-order valence-corrected chi connectivity index (χ1v) is 8.21. The van der Waals surface area contributed by atoms with Gasteiger partial charge in [-0.3, -0.25) is 4.79 Å². The molecular weight excluding hydrogens is 262 g/mol. The molecule has 2 aliphatic heterocycles. The molecule has 0 bridgehead atoms. The van der Waals surface area contributed by atoms with Crippen LogP contribution in [0.1, 0.15) is 50.5 Å². The second-order valence-electron chi connectivity index (χ2n) is 6.31. The van der Waals surface area contributed by atoms with Gasteiger partial charge >= 0.3 is 0 Å². The van der Waals surface area contributed by atoms with E-state index in [-0.39, 0.29) is 0 Å². The van der Waals surface area contributed by atoms with Gasteiger partial charge in [0.1, 0.15) is 0 Å². The molecule has 0 saturated carbocycles. The van der Waals surface area contributed by atoms with Gasteiger partial charge < -0.3 is 9.64 Å². The van der Waals surface area contributed by atoms with Crippen molar-refractivity contribution in [2.45, 2.75) is 57.1 Å². The minimum atomic E-state index is 0.302. The van der Waals surface area contributed by atoms with Crippen LogP contribution in [0.2, 0.25) is 0 Å². The minimum absolute atomic E-state index is 0.302. The Morgan fingerprint density at radius 2 is 2.10 bits per heavy atom. The molecule has 0 N–H and O–H groups in total. The van der Waals surface area contributed by atoms with Crippen molar-refractivity contribution in [1.29, 1.82) is 0 Å². The lowest BCUT2D eigenvalue weighted by Gasteiger charge is -2.25. The van der Waals surface area contributed by atoms with Crippen LogP contribution in [0.15, 0.2) is 30.3 Å². The first-order chi connectivity index (χ1) is 10.3. The summed E-state index contributed by atoms with van der Waals surface area (Å²) in [6.45, 7) is 3.95. The molecule has 3 rings (SSSR count). The summed E-state index contributed by atoms with van der Waals surface area (Å²) in [7, 11) is 0. The normalized spacial score (nSPS) is 29.0. The summed E-state index contributed by atoms with van der Waals surface area (Å²) in [4.78, 5) is 14.5. The molecule has 1 amide bonds. The van der Waals surface area contributed by atoms with Crippen molar-refractivity contribution in [3.8, 4) is 0 Å². The molecule has 21 heavy (non-hydrogen) atoms. The summed E-state index contributed by atoms with van der Waals surface area (Å²) in [6, 6.07) is 10.9. The Hall–Kier alpha value is -1.35. The fraction of sp³-hybridized carbons (Fsp3) is 0.611. The Bertz CT molecular complexity index is 467. The molecule has 2 heterocycles. The van der Waals surface area contributed by atoms with Gasteiger partial charge in [-0.25, -0.2) is 0 Å².